The molecule has 3 aliphatic carbocycles. The number of nitrogens with two attached hydrogens (primary N) is 1. The lowest BCUT2D eigenvalue weighted by Crippen LogP contribution is -2.39. The standard InChI is InChI=1S/C24H25NO2S/c25-14-16-13-22-20(19-8-2-1-7-18(16)19)10-11-23-21(22)9-4-12-24(23,15-28(26)27)17-5-3-6-17/h1-3,5-8,10-11,16H,4,9,12-15,25H2,(H,26,27). The van der Waals surface area contributed by atoms with E-state index in [-0.39, 0.29) is 11.2 Å². The summed E-state index contributed by atoms with van der Waals surface area (Å²) in [6.07, 6.45) is 10.2. The Kier molecular flexibility index (Phi) is 4.38. The van der Waals surface area contributed by atoms with Crippen molar-refractivity contribution in [3.63, 3.8) is 0 Å². The van der Waals surface area contributed by atoms with Gasteiger partial charge in [-0.15, -0.1) is 0 Å². The number of benzene rings is 2. The third kappa shape index (κ3) is 2.59. The minimum atomic E-state index is -1.84. The van der Waals surface area contributed by atoms with Gasteiger partial charge in [0.15, 0.2) is 11.1 Å². The third-order valence-electron chi connectivity index (χ3n) is 6.88. The largest absolute Gasteiger partial charge is 0.330 e. The summed E-state index contributed by atoms with van der Waals surface area (Å²) >= 11 is -1.84. The summed E-state index contributed by atoms with van der Waals surface area (Å²) in [6, 6.07) is 13.1. The number of hydrogen-bond acceptors (Lipinski definition) is 2. The van der Waals surface area contributed by atoms with E-state index in [0.29, 0.717) is 12.5 Å². The quantitative estimate of drug-likeness (QED) is 0.766. The van der Waals surface area contributed by atoms with Crippen molar-refractivity contribution < 1.29 is 8.76 Å². The SMILES string of the molecule is NCC1Cc2c(ccc3c2CCCC3(CS(=O)O)C2=CC=C2)-c2ccccc21. The second-order valence-corrected chi connectivity index (χ2v) is 9.16. The molecule has 0 saturated carbocycles. The number of fused-ring (bicyclic) bond motifs is 5. The summed E-state index contributed by atoms with van der Waals surface area (Å²) in [5, 5.41) is 0. The van der Waals surface area contributed by atoms with Gasteiger partial charge in [0.1, 0.15) is 0 Å². The van der Waals surface area contributed by atoms with Crippen molar-refractivity contribution in [3.8, 4) is 11.1 Å². The average Bonchev–Trinajstić information content (AvgIpc) is 2.65. The molecule has 3 N–H and O–H groups in total. The van der Waals surface area contributed by atoms with Crippen molar-refractivity contribution in [1.82, 2.24) is 0 Å². The lowest BCUT2D eigenvalue weighted by atomic mass is 9.62. The molecule has 0 aromatic heterocycles. The van der Waals surface area contributed by atoms with Crippen LogP contribution in [-0.4, -0.2) is 21.1 Å². The Hall–Kier alpha value is -2.01. The van der Waals surface area contributed by atoms with E-state index in [0.717, 1.165) is 25.7 Å². The van der Waals surface area contributed by atoms with E-state index in [1.54, 1.807) is 0 Å². The van der Waals surface area contributed by atoms with E-state index >= 15 is 0 Å². The summed E-state index contributed by atoms with van der Waals surface area (Å²) in [6.45, 7) is 0.639. The predicted octanol–water partition coefficient (Wildman–Crippen LogP) is 4.24. The molecule has 3 nitrogen and oxygen atoms in total. The minimum Gasteiger partial charge on any atom is -0.330 e. The van der Waals surface area contributed by atoms with Gasteiger partial charge in [0.05, 0.1) is 5.75 Å². The zero-order valence-corrected chi connectivity index (χ0v) is 16.7. The molecule has 0 spiro atoms. The van der Waals surface area contributed by atoms with Gasteiger partial charge in [-0.1, -0.05) is 54.6 Å². The maximum absolute atomic E-state index is 11.9. The van der Waals surface area contributed by atoms with Crippen LogP contribution in [0.3, 0.4) is 0 Å². The number of hydrogen-bond donors (Lipinski definition) is 2. The maximum Gasteiger partial charge on any atom is 0.154 e. The van der Waals surface area contributed by atoms with Gasteiger partial charge in [0, 0.05) is 11.3 Å². The Morgan fingerprint density at radius 3 is 2.68 bits per heavy atom. The van der Waals surface area contributed by atoms with Crippen LogP contribution in [-0.2, 0) is 29.3 Å². The first-order valence-corrected chi connectivity index (χ1v) is 11.3. The molecule has 0 amide bonds. The smallest absolute Gasteiger partial charge is 0.154 e. The molecule has 0 fully saturated rings. The Morgan fingerprint density at radius 1 is 1.14 bits per heavy atom. The van der Waals surface area contributed by atoms with Gasteiger partial charge in [-0.25, -0.2) is 4.21 Å². The first-order valence-electron chi connectivity index (χ1n) is 10.0. The molecular formula is C24H25NO2S. The highest BCUT2D eigenvalue weighted by Crippen LogP contribution is 2.50. The van der Waals surface area contributed by atoms with Crippen molar-refractivity contribution in [1.29, 1.82) is 0 Å². The van der Waals surface area contributed by atoms with Gasteiger partial charge in [-0.3, -0.25) is 0 Å². The van der Waals surface area contributed by atoms with Crippen LogP contribution in [0.25, 0.3) is 11.1 Å². The normalized spacial score (nSPS) is 25.8. The van der Waals surface area contributed by atoms with E-state index in [9.17, 15) is 8.76 Å². The molecule has 3 aliphatic rings. The molecule has 3 atom stereocenters. The molecule has 2 aromatic carbocycles. The monoisotopic (exact) mass is 391 g/mol. The highest BCUT2D eigenvalue weighted by Gasteiger charge is 2.43. The van der Waals surface area contributed by atoms with Crippen molar-refractivity contribution in [2.24, 2.45) is 5.73 Å². The Morgan fingerprint density at radius 2 is 1.96 bits per heavy atom. The molecule has 0 aliphatic heterocycles. The van der Waals surface area contributed by atoms with Gasteiger partial charge in [0.2, 0.25) is 0 Å². The Labute approximate surface area is 168 Å². The lowest BCUT2D eigenvalue weighted by molar-refractivity contribution is 0.449. The first kappa shape index (κ1) is 18.0. The van der Waals surface area contributed by atoms with Crippen LogP contribution in [0.2, 0.25) is 0 Å². The Bertz CT molecular complexity index is 1040. The fourth-order valence-corrected chi connectivity index (χ4v) is 6.42. The zero-order valence-electron chi connectivity index (χ0n) is 15.9. The molecule has 0 radical (unpaired) electrons. The molecule has 0 bridgehead atoms. The maximum atomic E-state index is 11.9. The summed E-state index contributed by atoms with van der Waals surface area (Å²) in [5.41, 5.74) is 15.0. The summed E-state index contributed by atoms with van der Waals surface area (Å²) in [4.78, 5) is 0. The van der Waals surface area contributed by atoms with Crippen molar-refractivity contribution in [2.45, 2.75) is 37.0 Å². The molecule has 2 aromatic rings. The van der Waals surface area contributed by atoms with E-state index in [4.69, 9.17) is 5.73 Å². The summed E-state index contributed by atoms with van der Waals surface area (Å²) < 4.78 is 21.7. The van der Waals surface area contributed by atoms with Gasteiger partial charge in [-0.2, -0.15) is 0 Å². The van der Waals surface area contributed by atoms with Gasteiger partial charge >= 0.3 is 0 Å². The average molecular weight is 392 g/mol. The van der Waals surface area contributed by atoms with Crippen LogP contribution in [0.4, 0.5) is 0 Å². The lowest BCUT2D eigenvalue weighted by Gasteiger charge is -2.43. The molecule has 0 saturated heterocycles. The molecule has 28 heavy (non-hydrogen) atoms. The molecular weight excluding hydrogens is 366 g/mol. The topological polar surface area (TPSA) is 63.3 Å². The van der Waals surface area contributed by atoms with Crippen LogP contribution in [0.5, 0.6) is 0 Å². The van der Waals surface area contributed by atoms with E-state index < -0.39 is 11.1 Å². The van der Waals surface area contributed by atoms with Gasteiger partial charge in [0.25, 0.3) is 0 Å². The number of allylic oxidation sites excluding steroid dienone is 4. The van der Waals surface area contributed by atoms with Crippen molar-refractivity contribution >= 4 is 11.1 Å². The van der Waals surface area contributed by atoms with Crippen molar-refractivity contribution in [3.05, 3.63) is 82.5 Å². The molecule has 3 unspecified atom stereocenters. The van der Waals surface area contributed by atoms with Crippen LogP contribution >= 0.6 is 0 Å². The first-order chi connectivity index (χ1) is 13.6. The molecule has 0 heterocycles. The second-order valence-electron chi connectivity index (χ2n) is 8.22. The summed E-state index contributed by atoms with van der Waals surface area (Å²) in [5.74, 6) is 0.604. The highest BCUT2D eigenvalue weighted by molar-refractivity contribution is 7.79. The van der Waals surface area contributed by atoms with E-state index in [1.807, 2.05) is 6.08 Å². The zero-order chi connectivity index (χ0) is 19.3. The van der Waals surface area contributed by atoms with Crippen molar-refractivity contribution in [2.75, 3.05) is 12.3 Å². The van der Waals surface area contributed by atoms with Crippen LogP contribution in [0.15, 0.2) is 60.2 Å². The predicted molar refractivity (Wildman–Crippen MR) is 115 cm³/mol. The molecule has 4 heteroatoms. The minimum absolute atomic E-state index is 0.270. The van der Waals surface area contributed by atoms with E-state index in [1.165, 1.54) is 39.0 Å². The number of rotatable bonds is 4. The Balaban J connectivity index is 1.72. The molecule has 5 rings (SSSR count). The van der Waals surface area contributed by atoms with Crippen LogP contribution in [0.1, 0.15) is 41.0 Å². The van der Waals surface area contributed by atoms with Crippen LogP contribution < -0.4 is 5.73 Å². The second kappa shape index (κ2) is 6.80. The van der Waals surface area contributed by atoms with Crippen LogP contribution in [0, 0.1) is 0 Å². The third-order valence-corrected chi connectivity index (χ3v) is 7.62. The fourth-order valence-electron chi connectivity index (χ4n) is 5.53. The fraction of sp³-hybridized carbons (Fsp3) is 0.333. The van der Waals surface area contributed by atoms with E-state index in [2.05, 4.69) is 48.6 Å². The summed E-state index contributed by atoms with van der Waals surface area (Å²) in [7, 11) is 0. The van der Waals surface area contributed by atoms with Gasteiger partial charge < -0.3 is 10.3 Å². The van der Waals surface area contributed by atoms with Gasteiger partial charge in [-0.05, 0) is 71.2 Å². The molecule has 144 valence electrons. The highest BCUT2D eigenvalue weighted by atomic mass is 32.2.